The van der Waals surface area contributed by atoms with Crippen molar-refractivity contribution in [2.45, 2.75) is 58.7 Å². The highest BCUT2D eigenvalue weighted by atomic mass is 16.5. The van der Waals surface area contributed by atoms with Gasteiger partial charge in [-0.1, -0.05) is 33.1 Å². The van der Waals surface area contributed by atoms with Gasteiger partial charge in [-0.2, -0.15) is 0 Å². The molecule has 0 amide bonds. The van der Waals surface area contributed by atoms with Crippen molar-refractivity contribution in [1.82, 2.24) is 5.32 Å². The van der Waals surface area contributed by atoms with Crippen molar-refractivity contribution in [3.63, 3.8) is 0 Å². The third-order valence-corrected chi connectivity index (χ3v) is 3.56. The Morgan fingerprint density at radius 2 is 2.28 bits per heavy atom. The standard InChI is InChI=1S/C15H25NO2/c1-12(2)16-9-14-8-15(18-10-14)11-17-7-6-13-4-3-5-13/h8,10,12-13,16H,3-7,9,11H2,1-2H3. The van der Waals surface area contributed by atoms with E-state index in [1.165, 1.54) is 31.2 Å². The second-order valence-corrected chi connectivity index (χ2v) is 5.60. The summed E-state index contributed by atoms with van der Waals surface area (Å²) >= 11 is 0. The van der Waals surface area contributed by atoms with Crippen LogP contribution < -0.4 is 5.32 Å². The SMILES string of the molecule is CC(C)NCc1coc(COCCC2CCC2)c1. The zero-order valence-corrected chi connectivity index (χ0v) is 11.6. The van der Waals surface area contributed by atoms with Crippen LogP contribution in [0.25, 0.3) is 0 Å². The van der Waals surface area contributed by atoms with Gasteiger partial charge in [-0.3, -0.25) is 0 Å². The fourth-order valence-electron chi connectivity index (χ4n) is 2.12. The molecule has 18 heavy (non-hydrogen) atoms. The number of nitrogens with one attached hydrogen (secondary N) is 1. The van der Waals surface area contributed by atoms with Crippen molar-refractivity contribution >= 4 is 0 Å². The Morgan fingerprint density at radius 3 is 2.94 bits per heavy atom. The third-order valence-electron chi connectivity index (χ3n) is 3.56. The van der Waals surface area contributed by atoms with E-state index in [2.05, 4.69) is 25.2 Å². The quantitative estimate of drug-likeness (QED) is 0.718. The molecule has 1 aromatic heterocycles. The van der Waals surface area contributed by atoms with Crippen LogP contribution in [0.4, 0.5) is 0 Å². The fourth-order valence-corrected chi connectivity index (χ4v) is 2.12. The smallest absolute Gasteiger partial charge is 0.129 e. The molecule has 2 rings (SSSR count). The molecule has 0 aromatic carbocycles. The molecule has 1 saturated carbocycles. The summed E-state index contributed by atoms with van der Waals surface area (Å²) in [6.07, 6.45) is 7.24. The van der Waals surface area contributed by atoms with Crippen LogP contribution in [-0.2, 0) is 17.9 Å². The number of hydrogen-bond acceptors (Lipinski definition) is 3. The zero-order chi connectivity index (χ0) is 12.8. The second kappa shape index (κ2) is 6.95. The van der Waals surface area contributed by atoms with Crippen molar-refractivity contribution in [3.8, 4) is 0 Å². The molecule has 0 unspecified atom stereocenters. The summed E-state index contributed by atoms with van der Waals surface area (Å²) in [5.41, 5.74) is 1.20. The van der Waals surface area contributed by atoms with Gasteiger partial charge in [-0.15, -0.1) is 0 Å². The summed E-state index contributed by atoms with van der Waals surface area (Å²) in [6, 6.07) is 2.58. The highest BCUT2D eigenvalue weighted by Gasteiger charge is 2.16. The monoisotopic (exact) mass is 251 g/mol. The largest absolute Gasteiger partial charge is 0.467 e. The normalized spacial score (nSPS) is 16.2. The maximum atomic E-state index is 5.65. The minimum atomic E-state index is 0.502. The Balaban J connectivity index is 1.60. The van der Waals surface area contributed by atoms with Gasteiger partial charge in [0.1, 0.15) is 12.4 Å². The van der Waals surface area contributed by atoms with E-state index in [-0.39, 0.29) is 0 Å². The third kappa shape index (κ3) is 4.46. The van der Waals surface area contributed by atoms with Crippen LogP contribution in [0.2, 0.25) is 0 Å². The molecular weight excluding hydrogens is 226 g/mol. The molecule has 0 atom stereocenters. The van der Waals surface area contributed by atoms with Crippen molar-refractivity contribution in [2.75, 3.05) is 6.61 Å². The van der Waals surface area contributed by atoms with Crippen molar-refractivity contribution in [3.05, 3.63) is 23.7 Å². The molecule has 1 N–H and O–H groups in total. The Bertz CT molecular complexity index is 342. The number of ether oxygens (including phenoxy) is 1. The molecule has 1 fully saturated rings. The summed E-state index contributed by atoms with van der Waals surface area (Å²) < 4.78 is 11.1. The number of hydrogen-bond donors (Lipinski definition) is 1. The zero-order valence-electron chi connectivity index (χ0n) is 11.6. The average molecular weight is 251 g/mol. The van der Waals surface area contributed by atoms with Gasteiger partial charge in [-0.05, 0) is 18.4 Å². The predicted molar refractivity (Wildman–Crippen MR) is 72.3 cm³/mol. The Morgan fingerprint density at radius 1 is 1.44 bits per heavy atom. The summed E-state index contributed by atoms with van der Waals surface area (Å²) in [4.78, 5) is 0. The predicted octanol–water partition coefficient (Wildman–Crippen LogP) is 3.48. The summed E-state index contributed by atoms with van der Waals surface area (Å²) in [5.74, 6) is 1.86. The van der Waals surface area contributed by atoms with Crippen LogP contribution >= 0.6 is 0 Å². The number of rotatable bonds is 8. The Labute approximate surface area is 110 Å². The number of furan rings is 1. The van der Waals surface area contributed by atoms with E-state index in [1.807, 2.05) is 6.26 Å². The summed E-state index contributed by atoms with van der Waals surface area (Å²) in [6.45, 7) is 6.62. The van der Waals surface area contributed by atoms with Crippen LogP contribution in [0.15, 0.2) is 16.7 Å². The molecule has 0 spiro atoms. The van der Waals surface area contributed by atoms with Gasteiger partial charge in [-0.25, -0.2) is 0 Å². The highest BCUT2D eigenvalue weighted by molar-refractivity contribution is 5.12. The lowest BCUT2D eigenvalue weighted by Crippen LogP contribution is -2.21. The minimum absolute atomic E-state index is 0.502. The van der Waals surface area contributed by atoms with Gasteiger partial charge < -0.3 is 14.5 Å². The first-order chi connectivity index (χ1) is 8.74. The van der Waals surface area contributed by atoms with Crippen LogP contribution in [0.3, 0.4) is 0 Å². The Hall–Kier alpha value is -0.800. The first-order valence-electron chi connectivity index (χ1n) is 7.11. The fraction of sp³-hybridized carbons (Fsp3) is 0.733. The lowest BCUT2D eigenvalue weighted by molar-refractivity contribution is 0.0836. The van der Waals surface area contributed by atoms with Crippen LogP contribution in [0.5, 0.6) is 0 Å². The first-order valence-corrected chi connectivity index (χ1v) is 7.11. The molecule has 0 radical (unpaired) electrons. The molecule has 0 aliphatic heterocycles. The Kier molecular flexibility index (Phi) is 5.26. The molecule has 3 heteroatoms. The van der Waals surface area contributed by atoms with Gasteiger partial charge >= 0.3 is 0 Å². The lowest BCUT2D eigenvalue weighted by Gasteiger charge is -2.24. The van der Waals surface area contributed by atoms with Crippen LogP contribution in [0.1, 0.15) is 50.9 Å². The topological polar surface area (TPSA) is 34.4 Å². The van der Waals surface area contributed by atoms with Gasteiger partial charge in [0.25, 0.3) is 0 Å². The van der Waals surface area contributed by atoms with Crippen molar-refractivity contribution in [2.24, 2.45) is 5.92 Å². The van der Waals surface area contributed by atoms with E-state index < -0.39 is 0 Å². The lowest BCUT2D eigenvalue weighted by atomic mass is 9.83. The molecule has 1 aromatic rings. The molecular formula is C15H25NO2. The summed E-state index contributed by atoms with van der Waals surface area (Å²) in [7, 11) is 0. The molecule has 0 saturated heterocycles. The van der Waals surface area contributed by atoms with Gasteiger partial charge in [0.15, 0.2) is 0 Å². The first kappa shape index (κ1) is 13.6. The van der Waals surface area contributed by atoms with E-state index in [4.69, 9.17) is 9.15 Å². The second-order valence-electron chi connectivity index (χ2n) is 5.60. The maximum Gasteiger partial charge on any atom is 0.129 e. The van der Waals surface area contributed by atoms with E-state index in [0.29, 0.717) is 12.6 Å². The average Bonchev–Trinajstić information content (AvgIpc) is 2.71. The van der Waals surface area contributed by atoms with Crippen LogP contribution in [0, 0.1) is 5.92 Å². The van der Waals surface area contributed by atoms with Gasteiger partial charge in [0, 0.05) is 24.8 Å². The molecule has 3 nitrogen and oxygen atoms in total. The highest BCUT2D eigenvalue weighted by Crippen LogP contribution is 2.29. The van der Waals surface area contributed by atoms with Gasteiger partial charge in [0.2, 0.25) is 0 Å². The van der Waals surface area contributed by atoms with Crippen LogP contribution in [-0.4, -0.2) is 12.6 Å². The summed E-state index contributed by atoms with van der Waals surface area (Å²) in [5, 5.41) is 3.37. The molecule has 0 bridgehead atoms. The van der Waals surface area contributed by atoms with E-state index >= 15 is 0 Å². The molecule has 1 aliphatic carbocycles. The minimum Gasteiger partial charge on any atom is -0.467 e. The maximum absolute atomic E-state index is 5.65. The van der Waals surface area contributed by atoms with E-state index in [1.54, 1.807) is 0 Å². The van der Waals surface area contributed by atoms with E-state index in [0.717, 1.165) is 24.8 Å². The molecule has 1 heterocycles. The van der Waals surface area contributed by atoms with E-state index in [9.17, 15) is 0 Å². The molecule has 102 valence electrons. The molecule has 1 aliphatic rings. The van der Waals surface area contributed by atoms with Gasteiger partial charge in [0.05, 0.1) is 6.26 Å². The van der Waals surface area contributed by atoms with Crippen molar-refractivity contribution < 1.29 is 9.15 Å². The van der Waals surface area contributed by atoms with Crippen molar-refractivity contribution in [1.29, 1.82) is 0 Å².